The first-order valence-electron chi connectivity index (χ1n) is 38.1. The summed E-state index contributed by atoms with van der Waals surface area (Å²) < 4.78 is 237. The number of likely N-dealkylation sites (tertiary alicyclic amines) is 3. The lowest BCUT2D eigenvalue weighted by Gasteiger charge is -2.29. The number of hydrogen-bond acceptors (Lipinski definition) is 26. The second-order valence-corrected chi connectivity index (χ2v) is 35.5. The molecule has 678 valence electrons. The van der Waals surface area contributed by atoms with Gasteiger partial charge in [-0.05, 0) is 208 Å². The van der Waals surface area contributed by atoms with Gasteiger partial charge in [0, 0.05) is 75.4 Å². The van der Waals surface area contributed by atoms with E-state index in [1.807, 2.05) is 21.1 Å². The highest BCUT2D eigenvalue weighted by atomic mass is 35.5. The van der Waals surface area contributed by atoms with Gasteiger partial charge < -0.3 is 79.7 Å². The third-order valence-corrected chi connectivity index (χ3v) is 21.2. The largest absolute Gasteiger partial charge is 0.495 e. The van der Waals surface area contributed by atoms with Crippen molar-refractivity contribution in [1.29, 1.82) is 0 Å². The number of nitrogens with one attached hydrogen (secondary N) is 9. The molecule has 12 rings (SSSR count). The quantitative estimate of drug-likeness (QED) is 0.0170. The summed E-state index contributed by atoms with van der Waals surface area (Å²) >= 11 is 6.22. The Morgan fingerprint density at radius 1 is 0.437 bits per heavy atom. The highest BCUT2D eigenvalue weighted by Crippen LogP contribution is 2.46. The fourth-order valence-corrected chi connectivity index (χ4v) is 14.6. The first-order valence-corrected chi connectivity index (χ1v) is 44.4. The second kappa shape index (κ2) is 40.9. The molecule has 1 unspecified atom stereocenters. The van der Waals surface area contributed by atoms with Crippen LogP contribution in [0.5, 0.6) is 52.1 Å². The van der Waals surface area contributed by atoms with Crippen molar-refractivity contribution in [2.24, 2.45) is 0 Å². The molecule has 6 aromatic carbocycles. The number of hydrogen-bond donors (Lipinski definition) is 9. The Hall–Kier alpha value is -12.0. The number of anilines is 9. The molecule has 0 radical (unpaired) electrons. The van der Waals surface area contributed by atoms with Crippen molar-refractivity contribution in [3.63, 3.8) is 0 Å². The van der Waals surface area contributed by atoms with Gasteiger partial charge in [0.25, 0.3) is 17.7 Å². The molecule has 1 atom stereocenters. The maximum absolute atomic E-state index is 13.9. The number of aryl methyl sites for hydroxylation is 1. The summed E-state index contributed by atoms with van der Waals surface area (Å²) in [7, 11) is -0.280. The van der Waals surface area contributed by atoms with Crippen molar-refractivity contribution < 1.29 is 108 Å². The second-order valence-electron chi connectivity index (χ2n) is 29.4. The molecule has 9 aromatic rings. The molecule has 3 fully saturated rings. The number of sulfonamides is 2. The average Bonchev–Trinajstić information content (AvgIpc) is 0.796. The van der Waals surface area contributed by atoms with Crippen molar-refractivity contribution in [3.8, 4) is 52.1 Å². The predicted octanol–water partition coefficient (Wildman–Crippen LogP) is 14.1. The first-order chi connectivity index (χ1) is 59.2. The SMILES string of the molecule is C=S(C)(=O)Nc1cccc(Cl)c1Oc1nc(Nc2ccc(C(=O)NC3CCN(C)CC3)cc2OC)ncc1C(F)(F)F.COc1cc(C(=O)NC2CCN(C)CC2)ccc1Nc1ncc(C(F)(F)F)c(Oc2cc(F)ccc2NS(C)(=O)=O)n1.COc1cc(C(=O)NC2CCN(C)CC2)ccc1Nc1ncc(C(F)(F)F)c(Oc2ccc(C)cc2NS(C)(=O)=O)n1. The summed E-state index contributed by atoms with van der Waals surface area (Å²) in [5.41, 5.74) is -1.78. The van der Waals surface area contributed by atoms with Crippen molar-refractivity contribution in [3.05, 3.63) is 178 Å². The van der Waals surface area contributed by atoms with E-state index in [-0.39, 0.29) is 116 Å². The molecule has 46 heteroatoms. The van der Waals surface area contributed by atoms with Gasteiger partial charge in [-0.2, -0.15) is 54.5 Å². The van der Waals surface area contributed by atoms with Gasteiger partial charge >= 0.3 is 18.5 Å². The number of rotatable bonds is 27. The van der Waals surface area contributed by atoms with Crippen LogP contribution in [0.25, 0.3) is 0 Å². The summed E-state index contributed by atoms with van der Waals surface area (Å²) in [4.78, 5) is 68.0. The number of alkyl halides is 9. The van der Waals surface area contributed by atoms with Crippen LogP contribution in [0, 0.1) is 12.7 Å². The third-order valence-electron chi connectivity index (χ3n) is 19.0. The minimum Gasteiger partial charge on any atom is -0.495 e. The zero-order chi connectivity index (χ0) is 92.0. The summed E-state index contributed by atoms with van der Waals surface area (Å²) in [6, 6.07) is 25.0. The van der Waals surface area contributed by atoms with Gasteiger partial charge in [0.2, 0.25) is 55.5 Å². The molecule has 32 nitrogen and oxygen atoms in total. The maximum Gasteiger partial charge on any atom is 0.423 e. The fourth-order valence-electron chi connectivity index (χ4n) is 12.6. The number of piperidine rings is 3. The number of aromatic nitrogens is 6. The molecule has 3 saturated heterocycles. The number of amides is 3. The van der Waals surface area contributed by atoms with Gasteiger partial charge in [0.1, 0.15) is 39.8 Å². The Morgan fingerprint density at radius 2 is 0.786 bits per heavy atom. The Bertz CT molecular complexity index is 5760. The van der Waals surface area contributed by atoms with Crippen LogP contribution in [0.2, 0.25) is 5.02 Å². The van der Waals surface area contributed by atoms with E-state index in [9.17, 15) is 79.3 Å². The Kier molecular flexibility index (Phi) is 31.3. The molecule has 3 aliphatic heterocycles. The Balaban J connectivity index is 0.000000197. The summed E-state index contributed by atoms with van der Waals surface area (Å²) in [6.07, 6.45) is -5.11. The van der Waals surface area contributed by atoms with Crippen molar-refractivity contribution in [1.82, 2.24) is 60.6 Å². The van der Waals surface area contributed by atoms with Gasteiger partial charge in [-0.1, -0.05) is 23.7 Å². The van der Waals surface area contributed by atoms with E-state index in [4.69, 9.17) is 40.0 Å². The van der Waals surface area contributed by atoms with Crippen LogP contribution >= 0.6 is 11.6 Å². The van der Waals surface area contributed by atoms with Crippen LogP contribution in [0.3, 0.4) is 0 Å². The van der Waals surface area contributed by atoms with E-state index in [1.165, 1.54) is 100 Å². The zero-order valence-corrected chi connectivity index (χ0v) is 72.4. The van der Waals surface area contributed by atoms with E-state index in [0.29, 0.717) is 52.6 Å². The van der Waals surface area contributed by atoms with Gasteiger partial charge in [0.15, 0.2) is 17.2 Å². The number of nitrogens with zero attached hydrogens (tertiary/aromatic N) is 9. The van der Waals surface area contributed by atoms with Crippen LogP contribution in [-0.4, -0.2) is 208 Å². The normalized spacial score (nSPS) is 15.1. The number of methoxy groups -OCH3 is 3. The van der Waals surface area contributed by atoms with E-state index in [1.54, 1.807) is 25.1 Å². The molecule has 3 aromatic heterocycles. The molecule has 0 aliphatic carbocycles. The highest BCUT2D eigenvalue weighted by molar-refractivity contribution is 8.00. The van der Waals surface area contributed by atoms with Crippen molar-refractivity contribution in [2.75, 3.05) is 131 Å². The molecule has 126 heavy (non-hydrogen) atoms. The van der Waals surface area contributed by atoms with Gasteiger partial charge in [-0.25, -0.2) is 40.4 Å². The Morgan fingerprint density at radius 3 is 1.13 bits per heavy atom. The van der Waals surface area contributed by atoms with Gasteiger partial charge in [-0.3, -0.25) is 23.8 Å². The number of carbonyl (C=O) groups excluding carboxylic acids is 3. The number of benzene rings is 6. The lowest BCUT2D eigenvalue weighted by Crippen LogP contribution is -2.43. The van der Waals surface area contributed by atoms with Crippen LogP contribution in [0.4, 0.5) is 95.9 Å². The van der Waals surface area contributed by atoms with Crippen LogP contribution < -0.4 is 74.5 Å². The van der Waals surface area contributed by atoms with E-state index in [2.05, 4.69) is 96.5 Å². The molecule has 0 saturated carbocycles. The maximum atomic E-state index is 13.9. The topological polar surface area (TPSA) is 387 Å². The standard InChI is InChI=1S/C27H30ClF3N6O4S.C27H31F3N6O5S.C26H28F4N6O5S/c1-37-12-10-17(11-13-37)33-24(38)16-8-9-20(22(14-16)40-2)34-26-32-15-18(27(29,30)31)25(35-26)41-23-19(28)6-5-7-21(23)36-42(3,4)39;1-16-5-8-22(21(13-16)35-42(4,38)39)41-25-19(27(28,29)30)15-31-26(34-25)33-20-7-6-17(14-23(20)40-3)24(37)32-18-9-11-36(2)12-10-18;1-36-10-8-17(9-11-36)32-23(37)15-4-6-19(21(12-15)40-2)33-25-31-14-18(26(28,29)30)24(34-25)41-22-13-16(27)5-7-20(22)35-42(3,38)39/h5-9,14-15,17H,3,10-13H2,1-2,4H3,(H,33,38)(H,36,39)(H,32,34,35);5-8,13-15,18,35H,9-12H2,1-4H3,(H,32,37)(H,31,33,34);4-7,12-14,17,35H,8-11H2,1-3H3,(H,32,37)(H,31,33,34). The molecular weight excluding hydrogens is 1760 g/mol. The lowest BCUT2D eigenvalue weighted by molar-refractivity contribution is -0.140. The molecule has 9 N–H and O–H groups in total. The Labute approximate surface area is 723 Å². The first kappa shape index (κ1) is 96.2. The number of para-hydroxylation sites is 1. The minimum atomic E-state index is -4.97. The number of carbonyl (C=O) groups is 3. The number of ether oxygens (including phenoxy) is 6. The van der Waals surface area contributed by atoms with Crippen LogP contribution in [0.15, 0.2) is 128 Å². The van der Waals surface area contributed by atoms with Crippen molar-refractivity contribution in [2.45, 2.75) is 82.1 Å². The smallest absolute Gasteiger partial charge is 0.423 e. The third kappa shape index (κ3) is 27.7. The molecule has 3 aliphatic rings. The molecule has 0 spiro atoms. The monoisotopic (exact) mass is 1850 g/mol. The predicted molar refractivity (Wildman–Crippen MR) is 455 cm³/mol. The van der Waals surface area contributed by atoms with Crippen LogP contribution in [-0.2, 0) is 48.3 Å². The van der Waals surface area contributed by atoms with Crippen molar-refractivity contribution >= 4 is 117 Å². The fraction of sp³-hybridized carbons (Fsp3) is 0.350. The number of halogens is 11. The summed E-state index contributed by atoms with van der Waals surface area (Å²) in [5.74, 6) is -2.16. The van der Waals surface area contributed by atoms with Gasteiger partial charge in [0.05, 0.1) is 73.0 Å². The van der Waals surface area contributed by atoms with E-state index < -0.39 is 94.2 Å². The van der Waals surface area contributed by atoms with E-state index in [0.717, 1.165) is 102 Å². The zero-order valence-electron chi connectivity index (χ0n) is 69.2. The summed E-state index contributed by atoms with van der Waals surface area (Å²) in [6.45, 7) is 6.96. The van der Waals surface area contributed by atoms with E-state index >= 15 is 0 Å². The lowest BCUT2D eigenvalue weighted by atomic mass is 10.0. The summed E-state index contributed by atoms with van der Waals surface area (Å²) in [5, 5.41) is 17.3. The molecule has 6 heterocycles. The molecular formula is C80H89ClF10N18O14S3. The average molecular weight is 1850 g/mol. The van der Waals surface area contributed by atoms with Gasteiger partial charge in [-0.15, -0.1) is 0 Å². The van der Waals surface area contributed by atoms with Crippen LogP contribution in [0.1, 0.15) is 91.9 Å². The highest BCUT2D eigenvalue weighted by Gasteiger charge is 2.40. The molecule has 3 amide bonds. The molecule has 0 bridgehead atoms. The minimum absolute atomic E-state index is 0.0303.